The molecule has 2 N–H and O–H groups in total. The Morgan fingerprint density at radius 2 is 2.04 bits per heavy atom. The van der Waals surface area contributed by atoms with Crippen LogP contribution >= 0.6 is 0 Å². The van der Waals surface area contributed by atoms with E-state index in [0.29, 0.717) is 11.8 Å². The number of hydrogen-bond donors (Lipinski definition) is 2. The fraction of sp³-hybridized carbons (Fsp3) is 0.500. The summed E-state index contributed by atoms with van der Waals surface area (Å²) in [5.74, 6) is 0.884. The van der Waals surface area contributed by atoms with Gasteiger partial charge >= 0.3 is 0 Å². The van der Waals surface area contributed by atoms with Crippen LogP contribution in [0.25, 0.3) is 0 Å². The molecule has 0 aromatic carbocycles. The van der Waals surface area contributed by atoms with Crippen LogP contribution in [0.5, 0.6) is 11.8 Å². The maximum absolute atomic E-state index is 11.9. The number of nitrogens with one attached hydrogen (secondary N) is 2. The lowest BCUT2D eigenvalue weighted by Crippen LogP contribution is -2.40. The Labute approximate surface area is 132 Å². The number of H-pyrrole nitrogens is 1. The third-order valence-electron chi connectivity index (χ3n) is 3.73. The summed E-state index contributed by atoms with van der Waals surface area (Å²) in [6, 6.07) is 0.115. The van der Waals surface area contributed by atoms with Gasteiger partial charge in [-0.05, 0) is 25.7 Å². The second-order valence-electron chi connectivity index (χ2n) is 5.30. The molecule has 1 aliphatic carbocycles. The largest absolute Gasteiger partial charge is 0.480 e. The van der Waals surface area contributed by atoms with E-state index in [2.05, 4.69) is 30.5 Å². The minimum atomic E-state index is -0.231. The van der Waals surface area contributed by atoms with E-state index >= 15 is 0 Å². The first-order valence-corrected chi connectivity index (χ1v) is 7.43. The predicted octanol–water partition coefficient (Wildman–Crippen LogP) is 0.723. The third-order valence-corrected chi connectivity index (χ3v) is 3.73. The van der Waals surface area contributed by atoms with Crippen LogP contribution in [0.4, 0.5) is 0 Å². The summed E-state index contributed by atoms with van der Waals surface area (Å²) in [7, 11) is 1.54. The van der Waals surface area contributed by atoms with Gasteiger partial charge in [0, 0.05) is 6.04 Å². The fourth-order valence-electron chi connectivity index (χ4n) is 2.55. The molecule has 9 nitrogen and oxygen atoms in total. The molecule has 2 aromatic heterocycles. The van der Waals surface area contributed by atoms with E-state index in [9.17, 15) is 4.79 Å². The molecule has 3 rings (SSSR count). The quantitative estimate of drug-likeness (QED) is 0.834. The number of aromatic nitrogens is 5. The second-order valence-corrected chi connectivity index (χ2v) is 5.30. The molecule has 122 valence electrons. The van der Waals surface area contributed by atoms with E-state index in [1.54, 1.807) is 6.20 Å². The van der Waals surface area contributed by atoms with Gasteiger partial charge in [-0.2, -0.15) is 10.1 Å². The monoisotopic (exact) mass is 318 g/mol. The van der Waals surface area contributed by atoms with Gasteiger partial charge in [0.1, 0.15) is 12.4 Å². The number of ether oxygens (including phenoxy) is 2. The SMILES string of the molecule is COc1cncc(OC2CCC(NC(=O)c3ncn[nH]3)CC2)n1. The van der Waals surface area contributed by atoms with Crippen molar-refractivity contribution in [1.82, 2.24) is 30.5 Å². The van der Waals surface area contributed by atoms with Crippen LogP contribution in [0, 0.1) is 0 Å². The molecule has 1 amide bonds. The highest BCUT2D eigenvalue weighted by molar-refractivity contribution is 5.90. The lowest BCUT2D eigenvalue weighted by Gasteiger charge is -2.28. The molecule has 0 bridgehead atoms. The Morgan fingerprint density at radius 1 is 1.26 bits per heavy atom. The number of nitrogens with zero attached hydrogens (tertiary/aromatic N) is 4. The van der Waals surface area contributed by atoms with Crippen LogP contribution < -0.4 is 14.8 Å². The van der Waals surface area contributed by atoms with Gasteiger partial charge in [0.2, 0.25) is 17.6 Å². The highest BCUT2D eigenvalue weighted by Gasteiger charge is 2.25. The summed E-state index contributed by atoms with van der Waals surface area (Å²) in [4.78, 5) is 24.0. The van der Waals surface area contributed by atoms with Crippen molar-refractivity contribution in [1.29, 1.82) is 0 Å². The van der Waals surface area contributed by atoms with E-state index in [0.717, 1.165) is 25.7 Å². The van der Waals surface area contributed by atoms with Gasteiger partial charge in [-0.25, -0.2) is 4.98 Å². The maximum Gasteiger partial charge on any atom is 0.288 e. The Hall–Kier alpha value is -2.71. The zero-order valence-electron chi connectivity index (χ0n) is 12.7. The van der Waals surface area contributed by atoms with Crippen LogP contribution in [0.1, 0.15) is 36.3 Å². The van der Waals surface area contributed by atoms with Crippen LogP contribution in [0.3, 0.4) is 0 Å². The molecular weight excluding hydrogens is 300 g/mol. The van der Waals surface area contributed by atoms with E-state index in [4.69, 9.17) is 9.47 Å². The standard InChI is InChI=1S/C14H18N6O3/c1-22-11-6-15-7-12(19-11)23-10-4-2-9(3-5-10)18-14(21)13-16-8-17-20-13/h6-10H,2-5H2,1H3,(H,18,21)(H,16,17,20). The van der Waals surface area contributed by atoms with E-state index < -0.39 is 0 Å². The molecule has 0 radical (unpaired) electrons. The lowest BCUT2D eigenvalue weighted by atomic mass is 9.93. The molecule has 9 heteroatoms. The van der Waals surface area contributed by atoms with Gasteiger partial charge in [-0.15, -0.1) is 0 Å². The molecule has 0 unspecified atom stereocenters. The number of amides is 1. The van der Waals surface area contributed by atoms with Gasteiger partial charge in [-0.3, -0.25) is 14.9 Å². The summed E-state index contributed by atoms with van der Waals surface area (Å²) < 4.78 is 10.9. The topological polar surface area (TPSA) is 115 Å². The number of carbonyl (C=O) groups is 1. The first kappa shape index (κ1) is 15.2. The van der Waals surface area contributed by atoms with Gasteiger partial charge in [-0.1, -0.05) is 0 Å². The molecule has 2 heterocycles. The number of aromatic amines is 1. The molecule has 0 aliphatic heterocycles. The minimum Gasteiger partial charge on any atom is -0.480 e. The summed E-state index contributed by atoms with van der Waals surface area (Å²) in [5, 5.41) is 9.17. The number of methoxy groups -OCH3 is 1. The zero-order chi connectivity index (χ0) is 16.1. The van der Waals surface area contributed by atoms with Crippen molar-refractivity contribution >= 4 is 5.91 Å². The molecule has 1 saturated carbocycles. The molecular formula is C14H18N6O3. The molecule has 0 spiro atoms. The first-order chi connectivity index (χ1) is 11.2. The fourth-order valence-corrected chi connectivity index (χ4v) is 2.55. The van der Waals surface area contributed by atoms with Crippen molar-refractivity contribution in [3.63, 3.8) is 0 Å². The average molecular weight is 318 g/mol. The molecule has 1 fully saturated rings. The van der Waals surface area contributed by atoms with Crippen LogP contribution in [-0.4, -0.2) is 50.3 Å². The van der Waals surface area contributed by atoms with E-state index in [-0.39, 0.29) is 23.9 Å². The predicted molar refractivity (Wildman–Crippen MR) is 79.1 cm³/mol. The summed E-state index contributed by atoms with van der Waals surface area (Å²) in [6.07, 6.45) is 7.82. The number of carbonyl (C=O) groups excluding carboxylic acids is 1. The van der Waals surface area contributed by atoms with Crippen molar-refractivity contribution in [2.45, 2.75) is 37.8 Å². The van der Waals surface area contributed by atoms with Crippen LogP contribution in [-0.2, 0) is 0 Å². The second kappa shape index (κ2) is 7.03. The highest BCUT2D eigenvalue weighted by atomic mass is 16.5. The van der Waals surface area contributed by atoms with Crippen LogP contribution in [0.15, 0.2) is 18.7 Å². The van der Waals surface area contributed by atoms with Crippen molar-refractivity contribution in [2.24, 2.45) is 0 Å². The van der Waals surface area contributed by atoms with Crippen molar-refractivity contribution < 1.29 is 14.3 Å². The summed E-state index contributed by atoms with van der Waals surface area (Å²) >= 11 is 0. The Morgan fingerprint density at radius 3 is 2.74 bits per heavy atom. The Bertz CT molecular complexity index is 640. The maximum atomic E-state index is 11.9. The van der Waals surface area contributed by atoms with Gasteiger partial charge in [0.15, 0.2) is 0 Å². The van der Waals surface area contributed by atoms with Gasteiger partial charge in [0.25, 0.3) is 5.91 Å². The molecule has 1 aliphatic rings. The average Bonchev–Trinajstić information content (AvgIpc) is 3.11. The smallest absolute Gasteiger partial charge is 0.288 e. The zero-order valence-corrected chi connectivity index (χ0v) is 12.7. The molecule has 2 aromatic rings. The number of rotatable bonds is 5. The van der Waals surface area contributed by atoms with E-state index in [1.807, 2.05) is 0 Å². The lowest BCUT2D eigenvalue weighted by molar-refractivity contribution is 0.0879. The van der Waals surface area contributed by atoms with Crippen LogP contribution in [0.2, 0.25) is 0 Å². The van der Waals surface area contributed by atoms with Gasteiger partial charge in [0.05, 0.1) is 19.5 Å². The highest BCUT2D eigenvalue weighted by Crippen LogP contribution is 2.23. The van der Waals surface area contributed by atoms with Gasteiger partial charge < -0.3 is 14.8 Å². The first-order valence-electron chi connectivity index (χ1n) is 7.43. The molecule has 0 saturated heterocycles. The van der Waals surface area contributed by atoms with Crippen molar-refractivity contribution in [3.05, 3.63) is 24.5 Å². The minimum absolute atomic E-state index is 0.0647. The summed E-state index contributed by atoms with van der Waals surface area (Å²) in [5.41, 5.74) is 0. The van der Waals surface area contributed by atoms with Crippen molar-refractivity contribution in [3.8, 4) is 11.8 Å². The Kier molecular flexibility index (Phi) is 4.65. The van der Waals surface area contributed by atoms with E-state index in [1.165, 1.54) is 19.6 Å². The van der Waals surface area contributed by atoms with Crippen molar-refractivity contribution in [2.75, 3.05) is 7.11 Å². The third kappa shape index (κ3) is 3.93. The summed E-state index contributed by atoms with van der Waals surface area (Å²) in [6.45, 7) is 0. The molecule has 23 heavy (non-hydrogen) atoms. The molecule has 0 atom stereocenters. The normalized spacial score (nSPS) is 20.7. The number of hydrogen-bond acceptors (Lipinski definition) is 7. The Balaban J connectivity index is 1.47.